The lowest BCUT2D eigenvalue weighted by Gasteiger charge is -2.08. The highest BCUT2D eigenvalue weighted by molar-refractivity contribution is 7.14. The maximum absolute atomic E-state index is 12.4. The number of fused-ring (bicyclic) bond motifs is 1. The second-order valence-electron chi connectivity index (χ2n) is 5.48. The summed E-state index contributed by atoms with van der Waals surface area (Å²) in [5.74, 6) is -0.142. The molecule has 0 unspecified atom stereocenters. The number of nitro groups is 1. The molecule has 1 aromatic heterocycles. The highest BCUT2D eigenvalue weighted by Crippen LogP contribution is 2.30. The lowest BCUT2D eigenvalue weighted by molar-refractivity contribution is -0.384. The number of hydrogen-bond acceptors (Lipinski definition) is 4. The van der Waals surface area contributed by atoms with Gasteiger partial charge in [-0.2, -0.15) is 0 Å². The lowest BCUT2D eigenvalue weighted by atomic mass is 9.99. The summed E-state index contributed by atoms with van der Waals surface area (Å²) in [5.41, 5.74) is 2.62. The third-order valence-electron chi connectivity index (χ3n) is 3.89. The first-order valence-electron chi connectivity index (χ1n) is 7.22. The minimum absolute atomic E-state index is 0.0297. The molecular weight excluding hydrogens is 300 g/mol. The van der Waals surface area contributed by atoms with E-state index >= 15 is 0 Å². The minimum Gasteiger partial charge on any atom is -0.321 e. The molecule has 0 aliphatic heterocycles. The van der Waals surface area contributed by atoms with E-state index in [-0.39, 0.29) is 11.6 Å². The molecule has 1 aliphatic carbocycles. The van der Waals surface area contributed by atoms with Crippen LogP contribution in [0, 0.1) is 17.0 Å². The lowest BCUT2D eigenvalue weighted by Crippen LogP contribution is -2.11. The first-order valence-corrected chi connectivity index (χ1v) is 8.04. The van der Waals surface area contributed by atoms with Crippen LogP contribution >= 0.6 is 11.3 Å². The van der Waals surface area contributed by atoms with Gasteiger partial charge in [0.05, 0.1) is 9.80 Å². The smallest absolute Gasteiger partial charge is 0.269 e. The number of rotatable bonds is 3. The summed E-state index contributed by atoms with van der Waals surface area (Å²) in [6.45, 7) is 1.75. The van der Waals surface area contributed by atoms with Crippen molar-refractivity contribution in [1.82, 2.24) is 0 Å². The third kappa shape index (κ3) is 2.87. The predicted molar refractivity (Wildman–Crippen MR) is 86.7 cm³/mol. The number of nitro benzene ring substituents is 1. The van der Waals surface area contributed by atoms with E-state index in [9.17, 15) is 14.9 Å². The molecular formula is C16H16N2O3S. The molecule has 0 saturated heterocycles. The summed E-state index contributed by atoms with van der Waals surface area (Å²) in [6.07, 6.45) is 4.49. The molecule has 114 valence electrons. The molecule has 3 rings (SSSR count). The number of anilines is 1. The van der Waals surface area contributed by atoms with E-state index in [0.29, 0.717) is 16.1 Å². The molecule has 5 nitrogen and oxygen atoms in total. The van der Waals surface area contributed by atoms with Crippen molar-refractivity contribution in [3.63, 3.8) is 0 Å². The summed E-state index contributed by atoms with van der Waals surface area (Å²) in [6, 6.07) is 6.44. The van der Waals surface area contributed by atoms with E-state index in [0.717, 1.165) is 12.8 Å². The molecule has 1 heterocycles. The van der Waals surface area contributed by atoms with E-state index in [4.69, 9.17) is 0 Å². The van der Waals surface area contributed by atoms with Crippen LogP contribution in [0.2, 0.25) is 0 Å². The van der Waals surface area contributed by atoms with Crippen molar-refractivity contribution in [3.05, 3.63) is 55.3 Å². The number of nitrogens with one attached hydrogen (secondary N) is 1. The second kappa shape index (κ2) is 5.88. The van der Waals surface area contributed by atoms with Crippen LogP contribution in [0.3, 0.4) is 0 Å². The Morgan fingerprint density at radius 3 is 2.73 bits per heavy atom. The number of hydrogen-bond donors (Lipinski definition) is 1. The second-order valence-corrected chi connectivity index (χ2v) is 6.61. The van der Waals surface area contributed by atoms with Crippen LogP contribution in [0.15, 0.2) is 24.3 Å². The normalized spacial score (nSPS) is 13.5. The fraction of sp³-hybridized carbons (Fsp3) is 0.312. The fourth-order valence-electron chi connectivity index (χ4n) is 2.69. The fourth-order valence-corrected chi connectivity index (χ4v) is 3.84. The van der Waals surface area contributed by atoms with Crippen LogP contribution < -0.4 is 5.32 Å². The molecule has 1 N–H and O–H groups in total. The van der Waals surface area contributed by atoms with E-state index in [1.54, 1.807) is 24.3 Å². The zero-order valence-corrected chi connectivity index (χ0v) is 13.0. The van der Waals surface area contributed by atoms with Crippen LogP contribution in [0.1, 0.15) is 38.5 Å². The highest BCUT2D eigenvalue weighted by atomic mass is 32.1. The van der Waals surface area contributed by atoms with Gasteiger partial charge in [-0.3, -0.25) is 14.9 Å². The Morgan fingerprint density at radius 2 is 2.05 bits per heavy atom. The van der Waals surface area contributed by atoms with E-state index in [1.807, 2.05) is 6.07 Å². The zero-order valence-electron chi connectivity index (χ0n) is 12.2. The van der Waals surface area contributed by atoms with Gasteiger partial charge in [0.1, 0.15) is 0 Å². The SMILES string of the molecule is Cc1cc([N+](=O)[O-])ccc1NC(=O)c1cc2c(s1)CCCC2. The van der Waals surface area contributed by atoms with Gasteiger partial charge in [-0.1, -0.05) is 0 Å². The van der Waals surface area contributed by atoms with Gasteiger partial charge in [0.15, 0.2) is 0 Å². The summed E-state index contributed by atoms with van der Waals surface area (Å²) >= 11 is 1.56. The Balaban J connectivity index is 1.79. The third-order valence-corrected chi connectivity index (χ3v) is 5.13. The molecule has 0 atom stereocenters. The number of carbonyl (C=O) groups is 1. The number of nitrogens with zero attached hydrogens (tertiary/aromatic N) is 1. The Hall–Kier alpha value is -2.21. The van der Waals surface area contributed by atoms with Crippen LogP contribution in [-0.2, 0) is 12.8 Å². The van der Waals surface area contributed by atoms with E-state index in [1.165, 1.54) is 35.4 Å². The first kappa shape index (κ1) is 14.7. The molecule has 1 aliphatic rings. The van der Waals surface area contributed by atoms with Crippen molar-refractivity contribution in [1.29, 1.82) is 0 Å². The molecule has 0 fully saturated rings. The van der Waals surface area contributed by atoms with Crippen molar-refractivity contribution in [2.24, 2.45) is 0 Å². The van der Waals surface area contributed by atoms with Gasteiger partial charge in [-0.25, -0.2) is 0 Å². The molecule has 22 heavy (non-hydrogen) atoms. The average molecular weight is 316 g/mol. The Morgan fingerprint density at radius 1 is 1.27 bits per heavy atom. The highest BCUT2D eigenvalue weighted by Gasteiger charge is 2.18. The average Bonchev–Trinajstić information content (AvgIpc) is 2.93. The van der Waals surface area contributed by atoms with Crippen LogP contribution in [0.4, 0.5) is 11.4 Å². The maximum Gasteiger partial charge on any atom is 0.269 e. The summed E-state index contributed by atoms with van der Waals surface area (Å²) < 4.78 is 0. The molecule has 0 saturated carbocycles. The van der Waals surface area contributed by atoms with Gasteiger partial charge in [0.25, 0.3) is 11.6 Å². The molecule has 2 aromatic rings. The minimum atomic E-state index is -0.439. The van der Waals surface area contributed by atoms with Crippen molar-refractivity contribution >= 4 is 28.6 Å². The molecule has 1 aromatic carbocycles. The van der Waals surface area contributed by atoms with Crippen LogP contribution in [0.25, 0.3) is 0 Å². The number of carbonyl (C=O) groups excluding carboxylic acids is 1. The Bertz CT molecular complexity index is 728. The number of benzene rings is 1. The molecule has 0 radical (unpaired) electrons. The molecule has 0 bridgehead atoms. The molecule has 6 heteroatoms. The predicted octanol–water partition coefficient (Wildman–Crippen LogP) is 4.10. The van der Waals surface area contributed by atoms with Crippen LogP contribution in [0.5, 0.6) is 0 Å². The Kier molecular flexibility index (Phi) is 3.94. The molecule has 1 amide bonds. The summed E-state index contributed by atoms with van der Waals surface area (Å²) in [7, 11) is 0. The summed E-state index contributed by atoms with van der Waals surface area (Å²) in [5, 5.41) is 13.6. The maximum atomic E-state index is 12.4. The molecule has 0 spiro atoms. The van der Waals surface area contributed by atoms with Gasteiger partial charge < -0.3 is 5.32 Å². The van der Waals surface area contributed by atoms with Gasteiger partial charge in [0, 0.05) is 22.7 Å². The first-order chi connectivity index (χ1) is 10.5. The topological polar surface area (TPSA) is 72.2 Å². The van der Waals surface area contributed by atoms with E-state index in [2.05, 4.69) is 5.32 Å². The van der Waals surface area contributed by atoms with Gasteiger partial charge in [-0.15, -0.1) is 11.3 Å². The van der Waals surface area contributed by atoms with Crippen molar-refractivity contribution in [2.75, 3.05) is 5.32 Å². The largest absolute Gasteiger partial charge is 0.321 e. The number of aryl methyl sites for hydroxylation is 3. The Labute approximate surface area is 132 Å². The van der Waals surface area contributed by atoms with Gasteiger partial charge >= 0.3 is 0 Å². The van der Waals surface area contributed by atoms with Crippen LogP contribution in [-0.4, -0.2) is 10.8 Å². The number of amides is 1. The number of thiophene rings is 1. The van der Waals surface area contributed by atoms with Gasteiger partial charge in [0.2, 0.25) is 0 Å². The van der Waals surface area contributed by atoms with Crippen molar-refractivity contribution in [3.8, 4) is 0 Å². The van der Waals surface area contributed by atoms with Gasteiger partial charge in [-0.05, 0) is 55.9 Å². The van der Waals surface area contributed by atoms with Crippen molar-refractivity contribution in [2.45, 2.75) is 32.6 Å². The zero-order chi connectivity index (χ0) is 15.7. The quantitative estimate of drug-likeness (QED) is 0.684. The number of non-ortho nitro benzene ring substituents is 1. The summed E-state index contributed by atoms with van der Waals surface area (Å²) in [4.78, 5) is 24.7. The monoisotopic (exact) mass is 316 g/mol. The van der Waals surface area contributed by atoms with Crippen molar-refractivity contribution < 1.29 is 9.72 Å². The van der Waals surface area contributed by atoms with E-state index < -0.39 is 4.92 Å². The standard InChI is InChI=1S/C16H16N2O3S/c1-10-8-12(18(20)21)6-7-13(10)17-16(19)15-9-11-4-2-3-5-14(11)22-15/h6-9H,2-5H2,1H3,(H,17,19).